The number of carbonyl (C=O) groups is 1. The lowest BCUT2D eigenvalue weighted by Crippen LogP contribution is -2.35. The maximum absolute atomic E-state index is 11.8. The monoisotopic (exact) mass is 355 g/mol. The summed E-state index contributed by atoms with van der Waals surface area (Å²) in [6.07, 6.45) is 1.28. The van der Waals surface area contributed by atoms with Gasteiger partial charge < -0.3 is 24.7 Å². The molecule has 0 spiro atoms. The minimum Gasteiger partial charge on any atom is -0.493 e. The fourth-order valence-corrected chi connectivity index (χ4v) is 2.24. The minimum absolute atomic E-state index is 0.296. The second kappa shape index (κ2) is 13.5. The van der Waals surface area contributed by atoms with Gasteiger partial charge in [0.15, 0.2) is 11.5 Å². The number of carbonyl (C=O) groups excluding carboxylic acids is 1. The molecule has 2 atom stereocenters. The zero-order valence-electron chi connectivity index (χ0n) is 16.3. The zero-order chi connectivity index (χ0) is 19.2. The maximum atomic E-state index is 11.8. The van der Waals surface area contributed by atoms with Gasteiger partial charge in [-0.05, 0) is 31.0 Å². The molecule has 0 saturated carbocycles. The van der Waals surface area contributed by atoms with E-state index in [9.17, 15) is 4.79 Å². The van der Waals surface area contributed by atoms with Crippen LogP contribution in [0.15, 0.2) is 18.2 Å². The van der Waals surface area contributed by atoms with Gasteiger partial charge in [-0.1, -0.05) is 19.9 Å². The first-order valence-corrected chi connectivity index (χ1v) is 8.65. The molecule has 0 radical (unpaired) electrons. The molecule has 144 valence electrons. The Bertz CT molecular complexity index is 491. The van der Waals surface area contributed by atoms with E-state index in [1.54, 1.807) is 21.1 Å². The van der Waals surface area contributed by atoms with Crippen LogP contribution < -0.4 is 15.2 Å². The summed E-state index contributed by atoms with van der Waals surface area (Å²) >= 11 is 0. The number of hydrogen-bond acceptors (Lipinski definition) is 6. The lowest BCUT2D eigenvalue weighted by atomic mass is 9.93. The molecular weight excluding hydrogens is 322 g/mol. The molecule has 0 fully saturated rings. The number of esters is 1. The topological polar surface area (TPSA) is 80.0 Å². The summed E-state index contributed by atoms with van der Waals surface area (Å²) in [5.41, 5.74) is 6.84. The minimum atomic E-state index is -0.394. The Kier molecular flexibility index (Phi) is 12.5. The summed E-state index contributed by atoms with van der Waals surface area (Å²) in [4.78, 5) is 11.8. The van der Waals surface area contributed by atoms with Crippen LogP contribution in [0.25, 0.3) is 0 Å². The number of hydrogen-bond donors (Lipinski definition) is 1. The fourth-order valence-electron chi connectivity index (χ4n) is 2.24. The van der Waals surface area contributed by atoms with Crippen molar-refractivity contribution in [3.05, 3.63) is 23.8 Å². The van der Waals surface area contributed by atoms with Crippen LogP contribution in [0.2, 0.25) is 0 Å². The number of ether oxygens (including phenoxy) is 4. The van der Waals surface area contributed by atoms with Crippen molar-refractivity contribution < 1.29 is 23.7 Å². The highest BCUT2D eigenvalue weighted by Crippen LogP contribution is 2.29. The molecule has 0 heterocycles. The smallest absolute Gasteiger partial charge is 0.310 e. The van der Waals surface area contributed by atoms with Gasteiger partial charge in [-0.3, -0.25) is 4.79 Å². The normalized spacial score (nSPS) is 12.4. The number of methoxy groups -OCH3 is 3. The van der Waals surface area contributed by atoms with E-state index >= 15 is 0 Å². The van der Waals surface area contributed by atoms with Gasteiger partial charge in [-0.15, -0.1) is 0 Å². The molecule has 25 heavy (non-hydrogen) atoms. The van der Waals surface area contributed by atoms with Crippen molar-refractivity contribution in [3.63, 3.8) is 0 Å². The summed E-state index contributed by atoms with van der Waals surface area (Å²) in [7, 11) is 4.62. The molecule has 0 amide bonds. The zero-order valence-corrected chi connectivity index (χ0v) is 16.3. The van der Waals surface area contributed by atoms with E-state index in [4.69, 9.17) is 24.7 Å². The second-order valence-electron chi connectivity index (χ2n) is 5.37. The standard InChI is InChI=1S/C17H27NO5.C2H6/c1-12(18)14(17(19)22-4)10-13-6-7-15(21-3)16(11-13)23-9-5-8-20-2;1-2/h6-7,11-12,14H,5,8-10,18H2,1-4H3;1-2H3. The van der Waals surface area contributed by atoms with Gasteiger partial charge in [-0.25, -0.2) is 0 Å². The van der Waals surface area contributed by atoms with Crippen LogP contribution >= 0.6 is 0 Å². The average Bonchev–Trinajstić information content (AvgIpc) is 2.64. The summed E-state index contributed by atoms with van der Waals surface area (Å²) in [6.45, 7) is 6.96. The van der Waals surface area contributed by atoms with Crippen LogP contribution in [0.1, 0.15) is 32.8 Å². The van der Waals surface area contributed by atoms with Crippen molar-refractivity contribution in [2.75, 3.05) is 34.5 Å². The van der Waals surface area contributed by atoms with Gasteiger partial charge in [0.05, 0.1) is 26.7 Å². The van der Waals surface area contributed by atoms with Crippen molar-refractivity contribution in [1.29, 1.82) is 0 Å². The molecule has 1 aromatic rings. The lowest BCUT2D eigenvalue weighted by Gasteiger charge is -2.19. The highest BCUT2D eigenvalue weighted by Gasteiger charge is 2.24. The van der Waals surface area contributed by atoms with E-state index in [2.05, 4.69) is 0 Å². The van der Waals surface area contributed by atoms with Gasteiger partial charge >= 0.3 is 5.97 Å². The van der Waals surface area contributed by atoms with Crippen LogP contribution in [0.5, 0.6) is 11.5 Å². The van der Waals surface area contributed by atoms with E-state index < -0.39 is 5.92 Å². The van der Waals surface area contributed by atoms with Crippen LogP contribution in [0, 0.1) is 5.92 Å². The quantitative estimate of drug-likeness (QED) is 0.513. The van der Waals surface area contributed by atoms with Crippen molar-refractivity contribution in [3.8, 4) is 11.5 Å². The van der Waals surface area contributed by atoms with Crippen LogP contribution in [0.3, 0.4) is 0 Å². The summed E-state index contributed by atoms with van der Waals surface area (Å²) < 4.78 is 20.9. The average molecular weight is 355 g/mol. The Morgan fingerprint density at radius 2 is 1.80 bits per heavy atom. The largest absolute Gasteiger partial charge is 0.493 e. The van der Waals surface area contributed by atoms with Gasteiger partial charge in [0.25, 0.3) is 0 Å². The Morgan fingerprint density at radius 3 is 2.32 bits per heavy atom. The molecular formula is C19H33NO5. The first-order valence-electron chi connectivity index (χ1n) is 8.65. The first-order chi connectivity index (χ1) is 12.0. The second-order valence-corrected chi connectivity index (χ2v) is 5.37. The van der Waals surface area contributed by atoms with Gasteiger partial charge in [0.1, 0.15) is 0 Å². The summed E-state index contributed by atoms with van der Waals surface area (Å²) in [5.74, 6) is 0.601. The predicted octanol–water partition coefficient (Wildman–Crippen LogP) is 2.82. The van der Waals surface area contributed by atoms with Crippen LogP contribution in [-0.2, 0) is 20.7 Å². The molecule has 0 aliphatic carbocycles. The number of nitrogens with two attached hydrogens (primary N) is 1. The first kappa shape index (κ1) is 23.2. The molecule has 1 aromatic carbocycles. The molecule has 2 N–H and O–H groups in total. The maximum Gasteiger partial charge on any atom is 0.310 e. The lowest BCUT2D eigenvalue weighted by molar-refractivity contribution is -0.146. The van der Waals surface area contributed by atoms with E-state index in [0.717, 1.165) is 12.0 Å². The van der Waals surface area contributed by atoms with E-state index in [-0.39, 0.29) is 12.0 Å². The third-order valence-electron chi connectivity index (χ3n) is 3.57. The number of benzene rings is 1. The van der Waals surface area contributed by atoms with Crippen molar-refractivity contribution in [1.82, 2.24) is 0 Å². The molecule has 0 saturated heterocycles. The molecule has 1 rings (SSSR count). The van der Waals surface area contributed by atoms with Crippen molar-refractivity contribution in [2.24, 2.45) is 11.7 Å². The molecule has 0 aromatic heterocycles. The Labute approximate surface area is 151 Å². The molecule has 0 bridgehead atoms. The Balaban J connectivity index is 0.00000277. The van der Waals surface area contributed by atoms with Gasteiger partial charge in [0.2, 0.25) is 0 Å². The van der Waals surface area contributed by atoms with E-state index in [1.807, 2.05) is 32.0 Å². The predicted molar refractivity (Wildman–Crippen MR) is 99.2 cm³/mol. The molecule has 6 nitrogen and oxygen atoms in total. The van der Waals surface area contributed by atoms with Gasteiger partial charge in [-0.2, -0.15) is 0 Å². The van der Waals surface area contributed by atoms with Crippen LogP contribution in [0.4, 0.5) is 0 Å². The third kappa shape index (κ3) is 8.23. The summed E-state index contributed by atoms with van der Waals surface area (Å²) in [6, 6.07) is 5.32. The molecule has 0 aliphatic rings. The van der Waals surface area contributed by atoms with Crippen molar-refractivity contribution in [2.45, 2.75) is 39.7 Å². The van der Waals surface area contributed by atoms with E-state index in [0.29, 0.717) is 31.1 Å². The summed E-state index contributed by atoms with van der Waals surface area (Å²) in [5, 5.41) is 0. The molecule has 6 heteroatoms. The van der Waals surface area contributed by atoms with Crippen LogP contribution in [-0.4, -0.2) is 46.6 Å². The van der Waals surface area contributed by atoms with Gasteiger partial charge in [0, 0.05) is 26.2 Å². The van der Waals surface area contributed by atoms with E-state index in [1.165, 1.54) is 7.11 Å². The highest BCUT2D eigenvalue weighted by atomic mass is 16.5. The SMILES string of the molecule is CC.COCCCOc1cc(CC(C(=O)OC)C(C)N)ccc1OC. The highest BCUT2D eigenvalue weighted by molar-refractivity contribution is 5.73. The third-order valence-corrected chi connectivity index (χ3v) is 3.57. The Hall–Kier alpha value is -1.79. The van der Waals surface area contributed by atoms with Crippen molar-refractivity contribution >= 4 is 5.97 Å². The molecule has 0 aliphatic heterocycles. The molecule has 2 unspecified atom stereocenters. The Morgan fingerprint density at radius 1 is 1.12 bits per heavy atom. The number of rotatable bonds is 10. The fraction of sp³-hybridized carbons (Fsp3) is 0.632.